The van der Waals surface area contributed by atoms with Crippen LogP contribution in [0.4, 0.5) is 0 Å². The van der Waals surface area contributed by atoms with E-state index in [0.29, 0.717) is 10.6 Å². The third-order valence-electron chi connectivity index (χ3n) is 3.90. The highest BCUT2D eigenvalue weighted by molar-refractivity contribution is 7.89. The maximum atomic E-state index is 12.4. The number of benzene rings is 2. The van der Waals surface area contributed by atoms with E-state index in [0.717, 1.165) is 5.56 Å². The Labute approximate surface area is 153 Å². The van der Waals surface area contributed by atoms with Crippen molar-refractivity contribution in [3.05, 3.63) is 64.7 Å². The lowest BCUT2D eigenvalue weighted by Gasteiger charge is -2.21. The van der Waals surface area contributed by atoms with Crippen molar-refractivity contribution in [2.24, 2.45) is 0 Å². The van der Waals surface area contributed by atoms with Gasteiger partial charge in [0.2, 0.25) is 10.0 Å². The summed E-state index contributed by atoms with van der Waals surface area (Å²) >= 11 is 5.99. The second kappa shape index (κ2) is 7.99. The standard InChI is InChI=1S/C18H21ClN2O3S/c1-13(2)21(3)25(23,24)15-10-8-14(9-11-15)12-20-18(22)16-6-4-5-7-17(16)19/h4-11,13H,12H2,1-3H3,(H,20,22). The molecule has 25 heavy (non-hydrogen) atoms. The van der Waals surface area contributed by atoms with Gasteiger partial charge in [0, 0.05) is 19.6 Å². The molecule has 0 spiro atoms. The normalized spacial score (nSPS) is 11.8. The van der Waals surface area contributed by atoms with Gasteiger partial charge in [-0.25, -0.2) is 8.42 Å². The Hall–Kier alpha value is -1.89. The highest BCUT2D eigenvalue weighted by Gasteiger charge is 2.22. The van der Waals surface area contributed by atoms with Crippen molar-refractivity contribution in [1.29, 1.82) is 0 Å². The minimum atomic E-state index is -3.51. The molecule has 5 nitrogen and oxygen atoms in total. The topological polar surface area (TPSA) is 66.5 Å². The fourth-order valence-corrected chi connectivity index (χ4v) is 3.74. The average Bonchev–Trinajstić information content (AvgIpc) is 2.59. The third kappa shape index (κ3) is 4.60. The van der Waals surface area contributed by atoms with Crippen molar-refractivity contribution >= 4 is 27.5 Å². The van der Waals surface area contributed by atoms with Crippen LogP contribution in [0.1, 0.15) is 29.8 Å². The lowest BCUT2D eigenvalue weighted by atomic mass is 10.2. The number of carbonyl (C=O) groups excluding carboxylic acids is 1. The Kier molecular flexibility index (Phi) is 6.21. The van der Waals surface area contributed by atoms with E-state index in [4.69, 9.17) is 11.6 Å². The molecule has 2 aromatic carbocycles. The molecule has 0 fully saturated rings. The summed E-state index contributed by atoms with van der Waals surface area (Å²) in [4.78, 5) is 12.4. The van der Waals surface area contributed by atoms with Gasteiger partial charge in [-0.05, 0) is 43.7 Å². The molecule has 0 aliphatic carbocycles. The van der Waals surface area contributed by atoms with Crippen LogP contribution in [0.25, 0.3) is 0 Å². The summed E-state index contributed by atoms with van der Waals surface area (Å²) < 4.78 is 26.2. The molecule has 0 aliphatic heterocycles. The Bertz CT molecular complexity index is 849. The van der Waals surface area contributed by atoms with Crippen molar-refractivity contribution in [2.75, 3.05) is 7.05 Å². The van der Waals surface area contributed by atoms with Gasteiger partial charge in [-0.1, -0.05) is 35.9 Å². The Balaban J connectivity index is 2.06. The van der Waals surface area contributed by atoms with E-state index in [9.17, 15) is 13.2 Å². The van der Waals surface area contributed by atoms with Gasteiger partial charge >= 0.3 is 0 Å². The molecular weight excluding hydrogens is 360 g/mol. The van der Waals surface area contributed by atoms with E-state index in [2.05, 4.69) is 5.32 Å². The third-order valence-corrected chi connectivity index (χ3v) is 6.28. The number of carbonyl (C=O) groups is 1. The lowest BCUT2D eigenvalue weighted by Crippen LogP contribution is -2.33. The average molecular weight is 381 g/mol. The zero-order chi connectivity index (χ0) is 18.6. The summed E-state index contributed by atoms with van der Waals surface area (Å²) in [7, 11) is -1.95. The Morgan fingerprint density at radius 2 is 1.72 bits per heavy atom. The Morgan fingerprint density at radius 3 is 2.28 bits per heavy atom. The fourth-order valence-electron chi connectivity index (χ4n) is 2.15. The molecule has 0 atom stereocenters. The van der Waals surface area contributed by atoms with Crippen molar-refractivity contribution in [1.82, 2.24) is 9.62 Å². The first-order chi connectivity index (χ1) is 11.7. The maximum Gasteiger partial charge on any atom is 0.253 e. The predicted octanol–water partition coefficient (Wildman–Crippen LogP) is 3.30. The van der Waals surface area contributed by atoms with Gasteiger partial charge in [0.05, 0.1) is 15.5 Å². The van der Waals surface area contributed by atoms with Gasteiger partial charge < -0.3 is 5.32 Å². The van der Waals surface area contributed by atoms with E-state index in [-0.39, 0.29) is 23.4 Å². The summed E-state index contributed by atoms with van der Waals surface area (Å²) in [6.45, 7) is 3.91. The van der Waals surface area contributed by atoms with Crippen LogP contribution in [-0.2, 0) is 16.6 Å². The van der Waals surface area contributed by atoms with Gasteiger partial charge in [0.25, 0.3) is 5.91 Å². The van der Waals surface area contributed by atoms with Crippen LogP contribution in [0.3, 0.4) is 0 Å². The molecule has 0 unspecified atom stereocenters. The molecule has 0 saturated heterocycles. The van der Waals surface area contributed by atoms with Crippen LogP contribution in [0.2, 0.25) is 5.02 Å². The number of amides is 1. The SMILES string of the molecule is CC(C)N(C)S(=O)(=O)c1ccc(CNC(=O)c2ccccc2Cl)cc1. The van der Waals surface area contributed by atoms with Crippen LogP contribution >= 0.6 is 11.6 Å². The summed E-state index contributed by atoms with van der Waals surface area (Å²) in [5.41, 5.74) is 1.20. The smallest absolute Gasteiger partial charge is 0.253 e. The minimum absolute atomic E-state index is 0.125. The molecule has 0 heterocycles. The van der Waals surface area contributed by atoms with Crippen molar-refractivity contribution in [3.8, 4) is 0 Å². The van der Waals surface area contributed by atoms with Crippen molar-refractivity contribution < 1.29 is 13.2 Å². The predicted molar refractivity (Wildman–Crippen MR) is 99.1 cm³/mol. The van der Waals surface area contributed by atoms with Crippen LogP contribution in [-0.4, -0.2) is 31.7 Å². The first-order valence-electron chi connectivity index (χ1n) is 7.83. The lowest BCUT2D eigenvalue weighted by molar-refractivity contribution is 0.0951. The van der Waals surface area contributed by atoms with E-state index < -0.39 is 10.0 Å². The first kappa shape index (κ1) is 19.4. The molecule has 0 radical (unpaired) electrons. The largest absolute Gasteiger partial charge is 0.348 e. The number of halogens is 1. The zero-order valence-electron chi connectivity index (χ0n) is 14.4. The van der Waals surface area contributed by atoms with Gasteiger partial charge in [-0.3, -0.25) is 4.79 Å². The fraction of sp³-hybridized carbons (Fsp3) is 0.278. The van der Waals surface area contributed by atoms with Crippen LogP contribution in [0.5, 0.6) is 0 Å². The number of rotatable bonds is 6. The molecule has 0 aliphatic rings. The van der Waals surface area contributed by atoms with E-state index in [1.807, 2.05) is 13.8 Å². The molecule has 1 N–H and O–H groups in total. The van der Waals surface area contributed by atoms with Gasteiger partial charge in [0.15, 0.2) is 0 Å². The van der Waals surface area contributed by atoms with Crippen molar-refractivity contribution in [2.45, 2.75) is 31.3 Å². The second-order valence-corrected chi connectivity index (χ2v) is 8.33. The van der Waals surface area contributed by atoms with Crippen molar-refractivity contribution in [3.63, 3.8) is 0 Å². The second-order valence-electron chi connectivity index (χ2n) is 5.92. The molecular formula is C18H21ClN2O3S. The zero-order valence-corrected chi connectivity index (χ0v) is 15.9. The minimum Gasteiger partial charge on any atom is -0.348 e. The molecule has 0 aromatic heterocycles. The number of hydrogen-bond acceptors (Lipinski definition) is 3. The summed E-state index contributed by atoms with van der Waals surface area (Å²) in [5, 5.41) is 3.16. The summed E-state index contributed by atoms with van der Waals surface area (Å²) in [5.74, 6) is -0.276. The molecule has 134 valence electrons. The first-order valence-corrected chi connectivity index (χ1v) is 9.65. The number of sulfonamides is 1. The van der Waals surface area contributed by atoms with Gasteiger partial charge in [-0.15, -0.1) is 0 Å². The summed E-state index contributed by atoms with van der Waals surface area (Å²) in [6.07, 6.45) is 0. The van der Waals surface area contributed by atoms with Crippen LogP contribution in [0, 0.1) is 0 Å². The molecule has 2 rings (SSSR count). The Morgan fingerprint density at radius 1 is 1.12 bits per heavy atom. The number of nitrogens with one attached hydrogen (secondary N) is 1. The van der Waals surface area contributed by atoms with Gasteiger partial charge in [0.1, 0.15) is 0 Å². The monoisotopic (exact) mass is 380 g/mol. The molecule has 7 heteroatoms. The molecule has 1 amide bonds. The van der Waals surface area contributed by atoms with E-state index in [1.54, 1.807) is 55.6 Å². The van der Waals surface area contributed by atoms with Gasteiger partial charge in [-0.2, -0.15) is 4.31 Å². The quantitative estimate of drug-likeness (QED) is 0.836. The maximum absolute atomic E-state index is 12.4. The number of hydrogen-bond donors (Lipinski definition) is 1. The van der Waals surface area contributed by atoms with Crippen LogP contribution in [0.15, 0.2) is 53.4 Å². The molecule has 2 aromatic rings. The van der Waals surface area contributed by atoms with E-state index >= 15 is 0 Å². The van der Waals surface area contributed by atoms with Crippen LogP contribution < -0.4 is 5.32 Å². The molecule has 0 bridgehead atoms. The highest BCUT2D eigenvalue weighted by Crippen LogP contribution is 2.18. The van der Waals surface area contributed by atoms with E-state index in [1.165, 1.54) is 4.31 Å². The highest BCUT2D eigenvalue weighted by atomic mass is 35.5. The summed E-state index contributed by atoms with van der Waals surface area (Å²) in [6, 6.07) is 13.1. The molecule has 0 saturated carbocycles. The number of nitrogens with zero attached hydrogens (tertiary/aromatic N) is 1.